The van der Waals surface area contributed by atoms with E-state index < -0.39 is 18.4 Å². The van der Waals surface area contributed by atoms with E-state index in [0.717, 1.165) is 0 Å². The van der Waals surface area contributed by atoms with Gasteiger partial charge in [0.2, 0.25) is 5.60 Å². The van der Waals surface area contributed by atoms with Crippen LogP contribution in [0.2, 0.25) is 0 Å². The molecule has 3 heterocycles. The van der Waals surface area contributed by atoms with E-state index in [9.17, 15) is 9.90 Å². The molecule has 1 atom stereocenters. The van der Waals surface area contributed by atoms with Crippen molar-refractivity contribution < 1.29 is 14.0 Å². The van der Waals surface area contributed by atoms with Crippen LogP contribution in [0.4, 0.5) is 5.82 Å². The zero-order valence-electron chi connectivity index (χ0n) is 18.1. The number of hydrogen-bond acceptors (Lipinski definition) is 6. The fourth-order valence-corrected chi connectivity index (χ4v) is 3.11. The summed E-state index contributed by atoms with van der Waals surface area (Å²) in [7, 11) is 1.62. The van der Waals surface area contributed by atoms with Gasteiger partial charge in [0.15, 0.2) is 5.82 Å². The lowest BCUT2D eigenvalue weighted by Crippen LogP contribution is -2.37. The van der Waals surface area contributed by atoms with Gasteiger partial charge in [-0.3, -0.25) is 4.79 Å². The lowest BCUT2D eigenvalue weighted by molar-refractivity contribution is -0.137. The van der Waals surface area contributed by atoms with Gasteiger partial charge in [-0.1, -0.05) is 24.0 Å². The summed E-state index contributed by atoms with van der Waals surface area (Å²) in [5.74, 6) is 5.17. The van der Waals surface area contributed by atoms with Crippen molar-refractivity contribution in [3.8, 4) is 23.1 Å². The molecule has 1 aliphatic heterocycles. The zero-order valence-corrected chi connectivity index (χ0v) is 15.1. The van der Waals surface area contributed by atoms with E-state index in [1.54, 1.807) is 31.3 Å². The van der Waals surface area contributed by atoms with Crippen LogP contribution in [0.3, 0.4) is 0 Å². The number of likely N-dealkylation sites (N-methyl/N-ethyl adjacent to an activating group) is 1. The van der Waals surface area contributed by atoms with Crippen LogP contribution in [0.25, 0.3) is 22.3 Å². The molecule has 4 rings (SSSR count). The maximum Gasteiger partial charge on any atom is 0.267 e. The van der Waals surface area contributed by atoms with Crippen LogP contribution in [0.1, 0.15) is 21.7 Å². The number of likely N-dealkylation sites (tertiary alicyclic amines) is 1. The van der Waals surface area contributed by atoms with Crippen molar-refractivity contribution in [2.24, 2.45) is 0 Å². The third kappa shape index (κ3) is 3.04. The van der Waals surface area contributed by atoms with Crippen molar-refractivity contribution in [3.05, 3.63) is 47.8 Å². The van der Waals surface area contributed by atoms with Gasteiger partial charge < -0.3 is 15.7 Å². The third-order valence-corrected chi connectivity index (χ3v) is 4.70. The molecule has 3 N–H and O–H groups in total. The van der Waals surface area contributed by atoms with E-state index in [0.29, 0.717) is 23.4 Å². The maximum absolute atomic E-state index is 12.1. The summed E-state index contributed by atoms with van der Waals surface area (Å²) in [6, 6.07) is 8.38. The topological polar surface area (TPSA) is 105 Å². The van der Waals surface area contributed by atoms with Crippen LogP contribution in [0.5, 0.6) is 0 Å². The van der Waals surface area contributed by atoms with Gasteiger partial charge in [0.25, 0.3) is 5.91 Å². The maximum atomic E-state index is 12.1. The number of fused-ring (bicyclic) bond motifs is 1. The number of nitrogens with zero attached hydrogens (tertiary/aromatic N) is 4. The SMILES string of the molecule is [2H]C([2H])([2H])c1cc(-c2cccc(C#C[C@]3(O)CCN(C)C3=O)c2)nc2c(N)ncnc12. The predicted molar refractivity (Wildman–Crippen MR) is 106 cm³/mol. The van der Waals surface area contributed by atoms with Crippen molar-refractivity contribution in [1.82, 2.24) is 19.9 Å². The summed E-state index contributed by atoms with van der Waals surface area (Å²) in [5, 5.41) is 10.5. The number of rotatable bonds is 1. The number of nitrogens with two attached hydrogens (primary N) is 1. The molecular formula is C21H19N5O2. The molecule has 1 fully saturated rings. The van der Waals surface area contributed by atoms with Crippen LogP contribution in [0.15, 0.2) is 36.7 Å². The van der Waals surface area contributed by atoms with Crippen LogP contribution in [-0.4, -0.2) is 50.1 Å². The normalized spacial score (nSPS) is 21.0. The summed E-state index contributed by atoms with van der Waals surface area (Å²) in [4.78, 5) is 26.0. The van der Waals surface area contributed by atoms with Crippen LogP contribution < -0.4 is 5.73 Å². The summed E-state index contributed by atoms with van der Waals surface area (Å²) >= 11 is 0. The second kappa shape index (κ2) is 6.59. The molecule has 3 aromatic rings. The van der Waals surface area contributed by atoms with E-state index in [-0.39, 0.29) is 28.8 Å². The smallest absolute Gasteiger partial charge is 0.267 e. The van der Waals surface area contributed by atoms with Gasteiger partial charge >= 0.3 is 0 Å². The van der Waals surface area contributed by atoms with Crippen LogP contribution in [-0.2, 0) is 4.79 Å². The first kappa shape index (κ1) is 14.5. The van der Waals surface area contributed by atoms with Gasteiger partial charge in [0, 0.05) is 35.3 Å². The summed E-state index contributed by atoms with van der Waals surface area (Å²) < 4.78 is 23.6. The minimum absolute atomic E-state index is 0.0204. The van der Waals surface area contributed by atoms with E-state index in [1.807, 2.05) is 0 Å². The number of carbonyl (C=O) groups excluding carboxylic acids is 1. The Labute approximate surface area is 166 Å². The van der Waals surface area contributed by atoms with Crippen molar-refractivity contribution >= 4 is 22.8 Å². The van der Waals surface area contributed by atoms with Crippen molar-refractivity contribution in [3.63, 3.8) is 0 Å². The number of pyridine rings is 1. The predicted octanol–water partition coefficient (Wildman–Crippen LogP) is 1.53. The lowest BCUT2D eigenvalue weighted by Gasteiger charge is -2.13. The number of nitrogen functional groups attached to an aromatic ring is 1. The van der Waals surface area contributed by atoms with Crippen LogP contribution in [0, 0.1) is 18.7 Å². The number of hydrogen-bond donors (Lipinski definition) is 2. The standard InChI is InChI=1S/C21H19N5O2/c1-13-10-16(25-18-17(13)23-12-24-19(18)22)15-5-3-4-14(11-15)6-7-21(28)8-9-26(2)20(21)27/h3-5,10-12,28H,8-9H2,1-2H3,(H2,22,23,24)/t21-/m0/s1/i1D3. The monoisotopic (exact) mass is 376 g/mol. The Hall–Kier alpha value is -3.50. The fourth-order valence-electron chi connectivity index (χ4n) is 3.11. The highest BCUT2D eigenvalue weighted by atomic mass is 16.3. The first-order chi connectivity index (χ1) is 14.6. The average molecular weight is 376 g/mol. The number of anilines is 1. The molecule has 0 bridgehead atoms. The van der Waals surface area contributed by atoms with Gasteiger partial charge in [-0.2, -0.15) is 0 Å². The molecule has 7 nitrogen and oxygen atoms in total. The van der Waals surface area contributed by atoms with E-state index >= 15 is 0 Å². The van der Waals surface area contributed by atoms with E-state index in [2.05, 4.69) is 26.8 Å². The fraction of sp³-hybridized carbons (Fsp3) is 0.238. The number of carbonyl (C=O) groups is 1. The number of benzene rings is 1. The first-order valence-corrected chi connectivity index (χ1v) is 8.62. The third-order valence-electron chi connectivity index (χ3n) is 4.70. The number of aromatic nitrogens is 3. The van der Waals surface area contributed by atoms with Gasteiger partial charge in [-0.15, -0.1) is 0 Å². The zero-order chi connectivity index (χ0) is 22.4. The molecule has 0 spiro atoms. The molecule has 0 radical (unpaired) electrons. The van der Waals surface area contributed by atoms with Crippen LogP contribution >= 0.6 is 0 Å². The summed E-state index contributed by atoms with van der Waals surface area (Å²) in [6.07, 6.45) is 1.44. The Morgan fingerprint density at radius 3 is 2.93 bits per heavy atom. The van der Waals surface area contributed by atoms with Crippen molar-refractivity contribution in [2.75, 3.05) is 19.3 Å². The minimum atomic E-state index is -2.42. The Morgan fingerprint density at radius 1 is 1.32 bits per heavy atom. The highest BCUT2D eigenvalue weighted by Crippen LogP contribution is 2.26. The highest BCUT2D eigenvalue weighted by Gasteiger charge is 2.42. The average Bonchev–Trinajstić information content (AvgIpc) is 2.99. The molecule has 7 heteroatoms. The first-order valence-electron chi connectivity index (χ1n) is 10.1. The highest BCUT2D eigenvalue weighted by molar-refractivity contribution is 5.91. The molecule has 2 aromatic heterocycles. The van der Waals surface area contributed by atoms with Gasteiger partial charge in [0.1, 0.15) is 11.8 Å². The molecule has 0 aliphatic carbocycles. The van der Waals surface area contributed by atoms with Crippen molar-refractivity contribution in [1.29, 1.82) is 0 Å². The van der Waals surface area contributed by atoms with Crippen molar-refractivity contribution in [2.45, 2.75) is 18.9 Å². The Bertz CT molecular complexity index is 1270. The molecule has 0 unspecified atom stereocenters. The molecular weight excluding hydrogens is 354 g/mol. The van der Waals surface area contributed by atoms with E-state index in [4.69, 9.17) is 9.85 Å². The molecule has 1 aromatic carbocycles. The lowest BCUT2D eigenvalue weighted by atomic mass is 10.0. The summed E-state index contributed by atoms with van der Waals surface area (Å²) in [6.45, 7) is -1.99. The molecule has 1 amide bonds. The molecule has 28 heavy (non-hydrogen) atoms. The van der Waals surface area contributed by atoms with Gasteiger partial charge in [-0.05, 0) is 30.6 Å². The molecule has 0 saturated carbocycles. The second-order valence-electron chi connectivity index (χ2n) is 6.68. The van der Waals surface area contributed by atoms with E-state index in [1.165, 1.54) is 17.3 Å². The van der Waals surface area contributed by atoms with Gasteiger partial charge in [-0.25, -0.2) is 15.0 Å². The van der Waals surface area contributed by atoms with Gasteiger partial charge in [0.05, 0.1) is 11.2 Å². The second-order valence-corrected chi connectivity index (χ2v) is 6.68. The molecule has 1 saturated heterocycles. The number of aryl methyl sites for hydroxylation is 1. The Kier molecular flexibility index (Phi) is 3.42. The Morgan fingerprint density at radius 2 is 2.18 bits per heavy atom. The largest absolute Gasteiger partial charge is 0.382 e. The quantitative estimate of drug-likeness (QED) is 0.624. The minimum Gasteiger partial charge on any atom is -0.382 e. The number of aliphatic hydroxyl groups is 1. The Balaban J connectivity index is 1.80. The number of amides is 1. The molecule has 140 valence electrons. The molecule has 1 aliphatic rings. The summed E-state index contributed by atoms with van der Waals surface area (Å²) in [5.41, 5.74) is 6.14.